The Balaban J connectivity index is 2.20. The molecule has 80 valence electrons. The molecule has 0 saturated carbocycles. The van der Waals surface area contributed by atoms with Crippen LogP contribution in [0, 0.1) is 11.8 Å². The van der Waals surface area contributed by atoms with Crippen LogP contribution in [0.3, 0.4) is 0 Å². The van der Waals surface area contributed by atoms with Gasteiger partial charge < -0.3 is 9.84 Å². The second-order valence-corrected chi connectivity index (χ2v) is 3.91. The fourth-order valence-corrected chi connectivity index (χ4v) is 2.15. The molecule has 2 nitrogen and oxygen atoms in total. The number of ether oxygens (including phenoxy) is 1. The van der Waals surface area contributed by atoms with Crippen molar-refractivity contribution in [2.24, 2.45) is 11.8 Å². The van der Waals surface area contributed by atoms with Crippen LogP contribution in [0.5, 0.6) is 0 Å². The maximum absolute atomic E-state index is 9.37. The van der Waals surface area contributed by atoms with Gasteiger partial charge in [-0.25, -0.2) is 0 Å². The van der Waals surface area contributed by atoms with Gasteiger partial charge in [-0.3, -0.25) is 0 Å². The average molecular weight is 204 g/mol. The van der Waals surface area contributed by atoms with E-state index in [1.54, 1.807) is 0 Å². The molecule has 3 atom stereocenters. The van der Waals surface area contributed by atoms with E-state index in [9.17, 15) is 5.11 Å². The molecular weight excluding hydrogens is 188 g/mol. The minimum Gasteiger partial charge on any atom is -0.396 e. The number of benzene rings is 1. The first-order valence-electron chi connectivity index (χ1n) is 5.26. The first-order chi connectivity index (χ1) is 7.36. The maximum atomic E-state index is 9.37. The lowest BCUT2D eigenvalue weighted by Gasteiger charge is -2.18. The van der Waals surface area contributed by atoms with Crippen molar-refractivity contribution in [3.05, 3.63) is 48.6 Å². The summed E-state index contributed by atoms with van der Waals surface area (Å²) in [5.74, 6) is 0.408. The fourth-order valence-electron chi connectivity index (χ4n) is 2.15. The van der Waals surface area contributed by atoms with Crippen LogP contribution in [-0.4, -0.2) is 18.3 Å². The average Bonchev–Trinajstić information content (AvgIpc) is 2.72. The van der Waals surface area contributed by atoms with Crippen molar-refractivity contribution in [3.8, 4) is 0 Å². The third kappa shape index (κ3) is 1.96. The van der Waals surface area contributed by atoms with Gasteiger partial charge in [0.15, 0.2) is 0 Å². The van der Waals surface area contributed by atoms with Gasteiger partial charge in [0.1, 0.15) is 0 Å². The SMILES string of the molecule is C=C[C@@H]1CO[C@@H](c2ccccc2)[C@@H]1CO. The Kier molecular flexibility index (Phi) is 3.19. The molecule has 2 rings (SSSR count). The number of aliphatic hydroxyl groups excluding tert-OH is 1. The van der Waals surface area contributed by atoms with E-state index < -0.39 is 0 Å². The molecule has 0 unspecified atom stereocenters. The minimum absolute atomic E-state index is 0.0131. The van der Waals surface area contributed by atoms with Crippen LogP contribution in [0.15, 0.2) is 43.0 Å². The molecule has 1 aliphatic rings. The zero-order valence-electron chi connectivity index (χ0n) is 8.67. The molecule has 2 heteroatoms. The molecule has 1 aliphatic heterocycles. The molecule has 15 heavy (non-hydrogen) atoms. The minimum atomic E-state index is 0.0131. The zero-order chi connectivity index (χ0) is 10.7. The molecule has 0 aromatic heterocycles. The summed E-state index contributed by atoms with van der Waals surface area (Å²) in [6.07, 6.45) is 1.89. The highest BCUT2D eigenvalue weighted by Crippen LogP contribution is 2.38. The monoisotopic (exact) mass is 204 g/mol. The second-order valence-electron chi connectivity index (χ2n) is 3.91. The van der Waals surface area contributed by atoms with Crippen molar-refractivity contribution < 1.29 is 9.84 Å². The zero-order valence-corrected chi connectivity index (χ0v) is 8.67. The highest BCUT2D eigenvalue weighted by atomic mass is 16.5. The van der Waals surface area contributed by atoms with Gasteiger partial charge in [-0.05, 0) is 5.56 Å². The van der Waals surface area contributed by atoms with Crippen LogP contribution in [0.4, 0.5) is 0 Å². The van der Waals surface area contributed by atoms with Gasteiger partial charge >= 0.3 is 0 Å². The van der Waals surface area contributed by atoms with Crippen molar-refractivity contribution in [2.75, 3.05) is 13.2 Å². The Morgan fingerprint density at radius 3 is 2.73 bits per heavy atom. The predicted octanol–water partition coefficient (Wildman–Crippen LogP) is 2.17. The van der Waals surface area contributed by atoms with Crippen LogP contribution in [0.2, 0.25) is 0 Å². The lowest BCUT2D eigenvalue weighted by atomic mass is 9.88. The third-order valence-electron chi connectivity index (χ3n) is 3.05. The van der Waals surface area contributed by atoms with E-state index in [2.05, 4.69) is 6.58 Å². The van der Waals surface area contributed by atoms with E-state index in [1.807, 2.05) is 36.4 Å². The van der Waals surface area contributed by atoms with Crippen LogP contribution >= 0.6 is 0 Å². The highest BCUT2D eigenvalue weighted by molar-refractivity contribution is 5.20. The van der Waals surface area contributed by atoms with Gasteiger partial charge in [-0.15, -0.1) is 6.58 Å². The summed E-state index contributed by atoms with van der Waals surface area (Å²) < 4.78 is 5.71. The number of aliphatic hydroxyl groups is 1. The molecule has 1 aromatic rings. The van der Waals surface area contributed by atoms with Gasteiger partial charge in [-0.1, -0.05) is 36.4 Å². The van der Waals surface area contributed by atoms with Gasteiger partial charge in [-0.2, -0.15) is 0 Å². The molecule has 0 aliphatic carbocycles. The topological polar surface area (TPSA) is 29.5 Å². The third-order valence-corrected chi connectivity index (χ3v) is 3.05. The quantitative estimate of drug-likeness (QED) is 0.765. The number of hydrogen-bond acceptors (Lipinski definition) is 2. The van der Waals surface area contributed by atoms with Gasteiger partial charge in [0.25, 0.3) is 0 Å². The van der Waals surface area contributed by atoms with Crippen LogP contribution in [-0.2, 0) is 4.74 Å². The molecule has 1 heterocycles. The molecule has 1 aromatic carbocycles. The summed E-state index contributed by atoms with van der Waals surface area (Å²) in [6, 6.07) is 10.1. The molecule has 1 N–H and O–H groups in total. The lowest BCUT2D eigenvalue weighted by molar-refractivity contribution is 0.0720. The largest absolute Gasteiger partial charge is 0.396 e. The van der Waals surface area contributed by atoms with E-state index in [1.165, 1.54) is 0 Å². The maximum Gasteiger partial charge on any atom is 0.0881 e. The second kappa shape index (κ2) is 4.60. The van der Waals surface area contributed by atoms with Gasteiger partial charge in [0.2, 0.25) is 0 Å². The van der Waals surface area contributed by atoms with Gasteiger partial charge in [0.05, 0.1) is 12.7 Å². The predicted molar refractivity (Wildman–Crippen MR) is 59.4 cm³/mol. The summed E-state index contributed by atoms with van der Waals surface area (Å²) in [5, 5.41) is 9.37. The number of hydrogen-bond donors (Lipinski definition) is 1. The molecule has 0 amide bonds. The Bertz CT molecular complexity index is 321. The molecule has 1 saturated heterocycles. The molecule has 1 fully saturated rings. The first kappa shape index (κ1) is 10.4. The molecular formula is C13H16O2. The highest BCUT2D eigenvalue weighted by Gasteiger charge is 2.35. The van der Waals surface area contributed by atoms with Gasteiger partial charge in [0, 0.05) is 18.4 Å². The van der Waals surface area contributed by atoms with Crippen LogP contribution in [0.1, 0.15) is 11.7 Å². The van der Waals surface area contributed by atoms with Crippen molar-refractivity contribution >= 4 is 0 Å². The molecule has 0 bridgehead atoms. The molecule has 0 spiro atoms. The Hall–Kier alpha value is -1.12. The van der Waals surface area contributed by atoms with Crippen molar-refractivity contribution in [1.29, 1.82) is 0 Å². The van der Waals surface area contributed by atoms with E-state index in [0.717, 1.165) is 5.56 Å². The van der Waals surface area contributed by atoms with E-state index in [-0.39, 0.29) is 24.5 Å². The standard InChI is InChI=1S/C13H16O2/c1-2-10-9-15-13(12(10)8-14)11-6-4-3-5-7-11/h2-7,10,12-14H,1,8-9H2/t10-,12-,13+/m1/s1. The van der Waals surface area contributed by atoms with Crippen LogP contribution in [0.25, 0.3) is 0 Å². The van der Waals surface area contributed by atoms with E-state index in [0.29, 0.717) is 6.61 Å². The fraction of sp³-hybridized carbons (Fsp3) is 0.385. The summed E-state index contributed by atoms with van der Waals surface area (Å²) in [5.41, 5.74) is 1.14. The smallest absolute Gasteiger partial charge is 0.0881 e. The van der Waals surface area contributed by atoms with Crippen molar-refractivity contribution in [2.45, 2.75) is 6.10 Å². The lowest BCUT2D eigenvalue weighted by Crippen LogP contribution is -2.17. The Labute approximate surface area is 90.2 Å². The van der Waals surface area contributed by atoms with Crippen molar-refractivity contribution in [1.82, 2.24) is 0 Å². The Morgan fingerprint density at radius 2 is 2.13 bits per heavy atom. The van der Waals surface area contributed by atoms with Crippen molar-refractivity contribution in [3.63, 3.8) is 0 Å². The normalized spacial score (nSPS) is 30.3. The first-order valence-corrected chi connectivity index (χ1v) is 5.26. The van der Waals surface area contributed by atoms with Crippen LogP contribution < -0.4 is 0 Å². The number of rotatable bonds is 3. The summed E-state index contributed by atoms with van der Waals surface area (Å²) in [6.45, 7) is 4.59. The summed E-state index contributed by atoms with van der Waals surface area (Å²) >= 11 is 0. The van der Waals surface area contributed by atoms with E-state index >= 15 is 0 Å². The Morgan fingerprint density at radius 1 is 1.40 bits per heavy atom. The summed E-state index contributed by atoms with van der Waals surface area (Å²) in [4.78, 5) is 0. The van der Waals surface area contributed by atoms with E-state index in [4.69, 9.17) is 4.74 Å². The summed E-state index contributed by atoms with van der Waals surface area (Å²) in [7, 11) is 0. The molecule has 0 radical (unpaired) electrons.